The number of pyridine rings is 1. The molecule has 2 aromatic rings. The lowest BCUT2D eigenvalue weighted by atomic mass is 9.91. The van der Waals surface area contributed by atoms with Gasteiger partial charge in [-0.15, -0.1) is 0 Å². The molecule has 0 amide bonds. The van der Waals surface area contributed by atoms with E-state index in [0.717, 1.165) is 10.2 Å². The summed E-state index contributed by atoms with van der Waals surface area (Å²) in [5.41, 5.74) is 3.64. The molecule has 3 heteroatoms. The van der Waals surface area contributed by atoms with Crippen molar-refractivity contribution in [2.75, 3.05) is 7.05 Å². The fourth-order valence-electron chi connectivity index (χ4n) is 2.38. The number of aromatic nitrogens is 1. The van der Waals surface area contributed by atoms with Crippen LogP contribution < -0.4 is 5.32 Å². The average molecular weight is 319 g/mol. The first-order valence-corrected chi connectivity index (χ1v) is 7.27. The smallest absolute Gasteiger partial charge is 0.0450 e. The van der Waals surface area contributed by atoms with E-state index in [1.165, 1.54) is 11.1 Å². The van der Waals surface area contributed by atoms with Crippen molar-refractivity contribution in [1.82, 2.24) is 10.3 Å². The first kappa shape index (κ1) is 14.2. The second-order valence-corrected chi connectivity index (χ2v) is 5.69. The first-order valence-electron chi connectivity index (χ1n) is 6.47. The molecule has 100 valence electrons. The lowest BCUT2D eigenvalue weighted by Crippen LogP contribution is -2.23. The van der Waals surface area contributed by atoms with Gasteiger partial charge in [0.2, 0.25) is 0 Å². The Balaban J connectivity index is 2.34. The van der Waals surface area contributed by atoms with Gasteiger partial charge in [-0.1, -0.05) is 41.1 Å². The molecule has 1 N–H and O–H groups in total. The summed E-state index contributed by atoms with van der Waals surface area (Å²) in [5, 5.41) is 3.41. The molecule has 0 spiro atoms. The minimum absolute atomic E-state index is 0.241. The van der Waals surface area contributed by atoms with Crippen molar-refractivity contribution in [3.8, 4) is 0 Å². The van der Waals surface area contributed by atoms with Gasteiger partial charge in [0.1, 0.15) is 0 Å². The summed E-state index contributed by atoms with van der Waals surface area (Å²) in [7, 11) is 2.00. The monoisotopic (exact) mass is 318 g/mol. The number of nitrogens with zero attached hydrogens (tertiary/aromatic N) is 1. The number of hydrogen-bond donors (Lipinski definition) is 1. The van der Waals surface area contributed by atoms with Crippen molar-refractivity contribution in [2.24, 2.45) is 0 Å². The minimum Gasteiger partial charge on any atom is -0.312 e. The molecule has 0 aliphatic rings. The molecule has 0 aliphatic heterocycles. The maximum absolute atomic E-state index is 4.46. The predicted molar refractivity (Wildman–Crippen MR) is 83.3 cm³/mol. The fourth-order valence-corrected chi connectivity index (χ4v) is 3.12. The van der Waals surface area contributed by atoms with Gasteiger partial charge in [-0.2, -0.15) is 0 Å². The van der Waals surface area contributed by atoms with Gasteiger partial charge in [-0.25, -0.2) is 0 Å². The maximum Gasteiger partial charge on any atom is 0.0450 e. The summed E-state index contributed by atoms with van der Waals surface area (Å²) >= 11 is 3.67. The van der Waals surface area contributed by atoms with Crippen molar-refractivity contribution in [3.05, 3.63) is 63.9 Å². The fraction of sp³-hybridized carbons (Fsp3) is 0.312. The number of aryl methyl sites for hydroxylation is 1. The zero-order chi connectivity index (χ0) is 13.8. The normalized spacial score (nSPS) is 14.1. The summed E-state index contributed by atoms with van der Waals surface area (Å²) in [6.07, 6.45) is 1.85. The molecule has 1 aromatic heterocycles. The summed E-state index contributed by atoms with van der Waals surface area (Å²) in [6, 6.07) is 12.8. The summed E-state index contributed by atoms with van der Waals surface area (Å²) in [4.78, 5) is 4.46. The van der Waals surface area contributed by atoms with Crippen LogP contribution in [0.4, 0.5) is 0 Å². The highest BCUT2D eigenvalue weighted by molar-refractivity contribution is 9.10. The molecule has 0 aliphatic carbocycles. The van der Waals surface area contributed by atoms with E-state index in [2.05, 4.69) is 64.3 Å². The lowest BCUT2D eigenvalue weighted by molar-refractivity contribution is 0.497. The van der Waals surface area contributed by atoms with E-state index in [0.29, 0.717) is 5.92 Å². The van der Waals surface area contributed by atoms with Crippen molar-refractivity contribution in [3.63, 3.8) is 0 Å². The van der Waals surface area contributed by atoms with E-state index in [4.69, 9.17) is 0 Å². The number of halogens is 1. The predicted octanol–water partition coefficient (Wildman–Crippen LogP) is 4.22. The van der Waals surface area contributed by atoms with Gasteiger partial charge in [-0.3, -0.25) is 4.98 Å². The molecule has 2 nitrogen and oxygen atoms in total. The van der Waals surface area contributed by atoms with Gasteiger partial charge in [0.15, 0.2) is 0 Å². The van der Waals surface area contributed by atoms with E-state index >= 15 is 0 Å². The third kappa shape index (κ3) is 3.23. The molecule has 2 unspecified atom stereocenters. The quantitative estimate of drug-likeness (QED) is 0.913. The molecule has 1 aromatic carbocycles. The molecule has 2 atom stereocenters. The Morgan fingerprint density at radius 2 is 2.00 bits per heavy atom. The van der Waals surface area contributed by atoms with E-state index in [1.54, 1.807) is 0 Å². The molecular formula is C16H19BrN2. The van der Waals surface area contributed by atoms with Gasteiger partial charge >= 0.3 is 0 Å². The average Bonchev–Trinajstić information content (AvgIpc) is 2.42. The van der Waals surface area contributed by atoms with Gasteiger partial charge in [0.25, 0.3) is 0 Å². The van der Waals surface area contributed by atoms with Gasteiger partial charge in [0, 0.05) is 28.3 Å². The zero-order valence-corrected chi connectivity index (χ0v) is 13.1. The largest absolute Gasteiger partial charge is 0.312 e. The molecule has 0 saturated carbocycles. The highest BCUT2D eigenvalue weighted by Gasteiger charge is 2.21. The summed E-state index contributed by atoms with van der Waals surface area (Å²) in [5.74, 6) is 0.310. The van der Waals surface area contributed by atoms with Crippen LogP contribution in [0.3, 0.4) is 0 Å². The van der Waals surface area contributed by atoms with Crippen LogP contribution in [0, 0.1) is 6.92 Å². The standard InChI is InChI=1S/C16H19BrN2/c1-11-7-8-13(14(17)10-11)16(18-3)12(2)15-6-4-5-9-19-15/h4-10,12,16,18H,1-3H3. The molecule has 0 saturated heterocycles. The molecule has 0 bridgehead atoms. The van der Waals surface area contributed by atoms with Crippen molar-refractivity contribution in [2.45, 2.75) is 25.8 Å². The first-order chi connectivity index (χ1) is 9.13. The molecule has 1 heterocycles. The SMILES string of the molecule is CNC(c1ccc(C)cc1Br)C(C)c1ccccn1. The van der Waals surface area contributed by atoms with Crippen molar-refractivity contribution >= 4 is 15.9 Å². The van der Waals surface area contributed by atoms with Crippen molar-refractivity contribution < 1.29 is 0 Å². The number of hydrogen-bond acceptors (Lipinski definition) is 2. The summed E-state index contributed by atoms with van der Waals surface area (Å²) in [6.45, 7) is 4.31. The highest BCUT2D eigenvalue weighted by atomic mass is 79.9. The number of benzene rings is 1. The Labute approximate surface area is 123 Å². The van der Waals surface area contributed by atoms with Crippen LogP contribution in [-0.4, -0.2) is 12.0 Å². The van der Waals surface area contributed by atoms with E-state index in [1.807, 2.05) is 25.4 Å². The van der Waals surface area contributed by atoms with E-state index in [9.17, 15) is 0 Å². The zero-order valence-electron chi connectivity index (χ0n) is 11.5. The van der Waals surface area contributed by atoms with Crippen molar-refractivity contribution in [1.29, 1.82) is 0 Å². The Morgan fingerprint density at radius 3 is 2.58 bits per heavy atom. The van der Waals surface area contributed by atoms with E-state index < -0.39 is 0 Å². The Hall–Kier alpha value is -1.19. The molecule has 2 rings (SSSR count). The molecular weight excluding hydrogens is 300 g/mol. The van der Waals surface area contributed by atoms with Gasteiger partial charge in [0.05, 0.1) is 0 Å². The minimum atomic E-state index is 0.241. The van der Waals surface area contributed by atoms with Crippen LogP contribution in [0.25, 0.3) is 0 Å². The third-order valence-corrected chi connectivity index (χ3v) is 4.14. The Bertz CT molecular complexity index is 540. The maximum atomic E-state index is 4.46. The van der Waals surface area contributed by atoms with Crippen LogP contribution >= 0.6 is 15.9 Å². The number of nitrogens with one attached hydrogen (secondary N) is 1. The Morgan fingerprint density at radius 1 is 1.21 bits per heavy atom. The molecule has 19 heavy (non-hydrogen) atoms. The molecule has 0 fully saturated rings. The van der Waals surface area contributed by atoms with Crippen LogP contribution in [0.5, 0.6) is 0 Å². The van der Waals surface area contributed by atoms with Gasteiger partial charge < -0.3 is 5.32 Å². The lowest BCUT2D eigenvalue weighted by Gasteiger charge is -2.25. The Kier molecular flexibility index (Phi) is 4.72. The second kappa shape index (κ2) is 6.31. The molecule has 0 radical (unpaired) electrons. The summed E-state index contributed by atoms with van der Waals surface area (Å²) < 4.78 is 1.15. The third-order valence-electron chi connectivity index (χ3n) is 3.46. The van der Waals surface area contributed by atoms with E-state index in [-0.39, 0.29) is 6.04 Å². The second-order valence-electron chi connectivity index (χ2n) is 4.83. The van der Waals surface area contributed by atoms with Gasteiger partial charge in [-0.05, 0) is 43.3 Å². The van der Waals surface area contributed by atoms with Crippen LogP contribution in [-0.2, 0) is 0 Å². The number of rotatable bonds is 4. The van der Waals surface area contributed by atoms with Crippen LogP contribution in [0.1, 0.15) is 35.7 Å². The highest BCUT2D eigenvalue weighted by Crippen LogP contribution is 2.33. The van der Waals surface area contributed by atoms with Crippen LogP contribution in [0.2, 0.25) is 0 Å². The van der Waals surface area contributed by atoms with Crippen LogP contribution in [0.15, 0.2) is 47.1 Å². The topological polar surface area (TPSA) is 24.9 Å². The number of likely N-dealkylation sites (N-methyl/N-ethyl adjacent to an activating group) is 1.